The van der Waals surface area contributed by atoms with Crippen molar-refractivity contribution in [3.63, 3.8) is 0 Å². The fourth-order valence-corrected chi connectivity index (χ4v) is 8.09. The number of nitrogens with two attached hydrogens (primary N) is 2. The number of aromatic nitrogens is 8. The number of aromatic amines is 1. The third kappa shape index (κ3) is 5.40. The number of H-pyrrole nitrogens is 1. The van der Waals surface area contributed by atoms with Gasteiger partial charge in [-0.25, -0.2) is 29.1 Å². The fourth-order valence-electron chi connectivity index (χ4n) is 6.08. The largest absolute Gasteiger partial charge is 0.472 e. The molecule has 3 aliphatic rings. The topological polar surface area (TPSA) is 309 Å². The number of aliphatic hydroxyl groups excluding tert-OH is 1. The number of phosphoric ester groups is 2. The molecule has 0 bridgehead atoms. The van der Waals surface area contributed by atoms with Gasteiger partial charge in [0, 0.05) is 13.0 Å². The highest BCUT2D eigenvalue weighted by atomic mass is 31.2. The molecule has 0 aromatic carbocycles. The van der Waals surface area contributed by atoms with E-state index in [2.05, 4.69) is 29.9 Å². The van der Waals surface area contributed by atoms with Gasteiger partial charge in [-0.1, -0.05) is 0 Å². The maximum absolute atomic E-state index is 13.3. The van der Waals surface area contributed by atoms with E-state index in [4.69, 9.17) is 39.0 Å². The maximum Gasteiger partial charge on any atom is 0.472 e. The summed E-state index contributed by atoms with van der Waals surface area (Å²) in [4.78, 5) is 56.5. The average Bonchev–Trinajstić information content (AvgIpc) is 3.75. The van der Waals surface area contributed by atoms with Crippen LogP contribution in [0.3, 0.4) is 0 Å². The first-order chi connectivity index (χ1) is 21.9. The summed E-state index contributed by atoms with van der Waals surface area (Å²) >= 11 is 0. The molecule has 1 aliphatic carbocycles. The van der Waals surface area contributed by atoms with E-state index in [0.717, 1.165) is 0 Å². The number of nitrogen functional groups attached to an aromatic ring is 2. The zero-order valence-corrected chi connectivity index (χ0v) is 25.5. The molecule has 6 heterocycles. The van der Waals surface area contributed by atoms with Gasteiger partial charge in [-0.3, -0.25) is 32.4 Å². The van der Waals surface area contributed by atoms with Crippen molar-refractivity contribution in [2.24, 2.45) is 5.92 Å². The number of hydrogen-bond acceptors (Lipinski definition) is 17. The number of hydrogen-bond donors (Lipinski definition) is 6. The van der Waals surface area contributed by atoms with Gasteiger partial charge in [0.1, 0.15) is 42.4 Å². The summed E-state index contributed by atoms with van der Waals surface area (Å²) in [6.45, 7) is -1.26. The first kappa shape index (κ1) is 31.2. The van der Waals surface area contributed by atoms with Crippen molar-refractivity contribution in [1.82, 2.24) is 39.0 Å². The minimum atomic E-state index is -4.94. The predicted molar refractivity (Wildman–Crippen MR) is 151 cm³/mol. The Labute approximate surface area is 256 Å². The van der Waals surface area contributed by atoms with Crippen LogP contribution in [0, 0.1) is 5.92 Å². The number of ether oxygens (including phenoxy) is 2. The summed E-state index contributed by atoms with van der Waals surface area (Å²) in [5, 5.41) is 11.3. The minimum Gasteiger partial charge on any atom is -0.388 e. The number of fused-ring (bicyclic) bond motifs is 4. The van der Waals surface area contributed by atoms with Crippen molar-refractivity contribution in [3.05, 3.63) is 29.3 Å². The highest BCUT2D eigenvalue weighted by Gasteiger charge is 2.54. The van der Waals surface area contributed by atoms with Crippen LogP contribution in [0.4, 0.5) is 11.8 Å². The monoisotopic (exact) mass is 686 g/mol. The number of nitrogens with one attached hydrogen (secondary N) is 1. The Morgan fingerprint density at radius 1 is 0.978 bits per heavy atom. The predicted octanol–water partition coefficient (Wildman–Crippen LogP) is -1.02. The van der Waals surface area contributed by atoms with E-state index in [1.165, 1.54) is 35.2 Å². The van der Waals surface area contributed by atoms with E-state index < -0.39 is 83.1 Å². The zero-order valence-electron chi connectivity index (χ0n) is 23.7. The average molecular weight is 686 g/mol. The molecule has 10 unspecified atom stereocenters. The zero-order chi connectivity index (χ0) is 32.5. The van der Waals surface area contributed by atoms with Gasteiger partial charge in [0.15, 0.2) is 28.9 Å². The molecular formula is C22H28N10O12P2. The smallest absolute Gasteiger partial charge is 0.388 e. The van der Waals surface area contributed by atoms with Gasteiger partial charge in [-0.05, 0) is 6.42 Å². The van der Waals surface area contributed by atoms with Crippen molar-refractivity contribution in [2.45, 2.75) is 49.2 Å². The lowest BCUT2D eigenvalue weighted by Gasteiger charge is -2.29. The number of rotatable bonds is 3. The lowest BCUT2D eigenvalue weighted by atomic mass is 10.1. The molecule has 3 fully saturated rings. The Hall–Kier alpha value is -3.40. The third-order valence-electron chi connectivity index (χ3n) is 8.13. The SMILES string of the molecule is COC1C2OP(=O)(O)OCC3CC(n4cnc5c(=O)[nH]c(N)nc54)C(O)C3OP(=O)(O)OCC2OC1n1cnc2c(N)ncnc21. The summed E-state index contributed by atoms with van der Waals surface area (Å²) in [5.41, 5.74) is 11.5. The lowest BCUT2D eigenvalue weighted by Crippen LogP contribution is -2.38. The van der Waals surface area contributed by atoms with Gasteiger partial charge < -0.3 is 40.4 Å². The molecule has 2 aliphatic heterocycles. The lowest BCUT2D eigenvalue weighted by molar-refractivity contribution is -0.0632. The molecule has 4 aromatic rings. The molecular weight excluding hydrogens is 658 g/mol. The van der Waals surface area contributed by atoms with E-state index in [1.807, 2.05) is 0 Å². The first-order valence-electron chi connectivity index (χ1n) is 13.7. The molecule has 8 N–H and O–H groups in total. The molecule has 7 rings (SSSR count). The molecule has 0 amide bonds. The van der Waals surface area contributed by atoms with Crippen LogP contribution in [0.25, 0.3) is 22.3 Å². The second-order valence-electron chi connectivity index (χ2n) is 10.8. The van der Waals surface area contributed by atoms with E-state index in [9.17, 15) is 28.8 Å². The molecule has 46 heavy (non-hydrogen) atoms. The molecule has 0 radical (unpaired) electrons. The first-order valence-corrected chi connectivity index (χ1v) is 16.7. The van der Waals surface area contributed by atoms with Crippen molar-refractivity contribution in [3.8, 4) is 0 Å². The molecule has 2 saturated heterocycles. The number of anilines is 2. The molecule has 10 atom stereocenters. The van der Waals surface area contributed by atoms with Gasteiger partial charge in [0.25, 0.3) is 5.56 Å². The van der Waals surface area contributed by atoms with Gasteiger partial charge >= 0.3 is 15.6 Å². The van der Waals surface area contributed by atoms with Crippen LogP contribution in [0.1, 0.15) is 18.7 Å². The van der Waals surface area contributed by atoms with Crippen molar-refractivity contribution >= 4 is 49.7 Å². The Morgan fingerprint density at radius 3 is 2.43 bits per heavy atom. The summed E-state index contributed by atoms with van der Waals surface area (Å²) < 4.78 is 62.6. The van der Waals surface area contributed by atoms with Gasteiger partial charge in [-0.2, -0.15) is 4.98 Å². The summed E-state index contributed by atoms with van der Waals surface area (Å²) in [6, 6.07) is -0.939. The van der Waals surface area contributed by atoms with Crippen LogP contribution < -0.4 is 17.0 Å². The quantitative estimate of drug-likeness (QED) is 0.140. The van der Waals surface area contributed by atoms with Crippen LogP contribution in [0.5, 0.6) is 0 Å². The number of imidazole rings is 2. The minimum absolute atomic E-state index is 0.0353. The second kappa shape index (κ2) is 11.4. The van der Waals surface area contributed by atoms with Gasteiger partial charge in [0.05, 0.1) is 31.9 Å². The van der Waals surface area contributed by atoms with Crippen molar-refractivity contribution < 1.29 is 51.6 Å². The Bertz CT molecular complexity index is 1950. The van der Waals surface area contributed by atoms with E-state index >= 15 is 0 Å². The molecule has 1 saturated carbocycles. The molecule has 248 valence electrons. The number of nitrogens with zero attached hydrogens (tertiary/aromatic N) is 7. The fraction of sp³-hybridized carbons (Fsp3) is 0.545. The highest BCUT2D eigenvalue weighted by Crippen LogP contribution is 2.55. The van der Waals surface area contributed by atoms with Crippen LogP contribution >= 0.6 is 15.6 Å². The summed E-state index contributed by atoms with van der Waals surface area (Å²) in [6.07, 6.45) is -4.10. The normalized spacial score (nSPS) is 37.1. The molecule has 24 heteroatoms. The van der Waals surface area contributed by atoms with Gasteiger partial charge in [0.2, 0.25) is 5.95 Å². The van der Waals surface area contributed by atoms with E-state index in [0.29, 0.717) is 0 Å². The van der Waals surface area contributed by atoms with E-state index in [-0.39, 0.29) is 40.5 Å². The molecule has 22 nitrogen and oxygen atoms in total. The maximum atomic E-state index is 13.3. The van der Waals surface area contributed by atoms with Crippen LogP contribution in [-0.4, -0.2) is 105 Å². The van der Waals surface area contributed by atoms with Crippen LogP contribution in [-0.2, 0) is 36.7 Å². The third-order valence-corrected chi connectivity index (χ3v) is 10.1. The Kier molecular flexibility index (Phi) is 7.73. The van der Waals surface area contributed by atoms with Crippen LogP contribution in [0.15, 0.2) is 23.8 Å². The summed E-state index contributed by atoms with van der Waals surface area (Å²) in [7, 11) is -8.54. The Balaban J connectivity index is 1.18. The Morgan fingerprint density at radius 2 is 1.67 bits per heavy atom. The standard InChI is InChI=1S/C22H28N10O12P2/c1-39-16-15-10(42-21(16)32-7-27-11-17(23)25-5-26-18(11)32)4-41-46(37,38)43-14-8(3-40-45(35,36)44-15)2-9(13(14)33)31-6-28-12-19(31)29-22(24)30-20(12)34/h5-10,13-16,21,33H,2-4H2,1H3,(H,35,36)(H,37,38)(H2,23,25,26)(H3,24,29,30,34). The van der Waals surface area contributed by atoms with Gasteiger partial charge in [-0.15, -0.1) is 0 Å². The number of phosphoric acid groups is 2. The highest BCUT2D eigenvalue weighted by molar-refractivity contribution is 7.47. The van der Waals surface area contributed by atoms with Crippen molar-refractivity contribution in [1.29, 1.82) is 0 Å². The number of aliphatic hydroxyl groups is 1. The van der Waals surface area contributed by atoms with Crippen molar-refractivity contribution in [2.75, 3.05) is 31.8 Å². The molecule has 0 spiro atoms. The summed E-state index contributed by atoms with van der Waals surface area (Å²) in [5.74, 6) is -1.07. The molecule has 4 aromatic heterocycles. The van der Waals surface area contributed by atoms with E-state index in [1.54, 1.807) is 0 Å². The number of methoxy groups -OCH3 is 1. The van der Waals surface area contributed by atoms with Crippen LogP contribution in [0.2, 0.25) is 0 Å². The second-order valence-corrected chi connectivity index (χ2v) is 13.7.